The SMILES string of the molecule is Cc1ccc(C(Br)CC2CC3CCC2C3)c2ccccc12. The van der Waals surface area contributed by atoms with Gasteiger partial charge in [-0.05, 0) is 72.3 Å². The normalized spacial score (nSPS) is 29.1. The Hall–Kier alpha value is -0.820. The number of fused-ring (bicyclic) bond motifs is 3. The van der Waals surface area contributed by atoms with Crippen LogP contribution in [-0.2, 0) is 0 Å². The number of rotatable bonds is 3. The van der Waals surface area contributed by atoms with Crippen LogP contribution in [0.15, 0.2) is 36.4 Å². The number of alkyl halides is 1. The van der Waals surface area contributed by atoms with E-state index in [2.05, 4.69) is 59.3 Å². The van der Waals surface area contributed by atoms with Crippen LogP contribution in [0.5, 0.6) is 0 Å². The van der Waals surface area contributed by atoms with Crippen molar-refractivity contribution in [3.8, 4) is 0 Å². The lowest BCUT2D eigenvalue weighted by Crippen LogP contribution is -2.12. The Labute approximate surface area is 136 Å². The zero-order chi connectivity index (χ0) is 14.4. The molecule has 2 aromatic carbocycles. The molecule has 0 saturated heterocycles. The van der Waals surface area contributed by atoms with Crippen LogP contribution in [0.25, 0.3) is 10.8 Å². The second kappa shape index (κ2) is 5.43. The maximum Gasteiger partial charge on any atom is 0.0404 e. The van der Waals surface area contributed by atoms with Crippen molar-refractivity contribution in [3.05, 3.63) is 47.5 Å². The summed E-state index contributed by atoms with van der Waals surface area (Å²) in [4.78, 5) is 0.507. The molecule has 1 heteroatoms. The molecule has 2 fully saturated rings. The minimum Gasteiger partial charge on any atom is -0.0838 e. The summed E-state index contributed by atoms with van der Waals surface area (Å²) in [5.74, 6) is 3.02. The molecule has 0 amide bonds. The largest absolute Gasteiger partial charge is 0.0838 e. The maximum absolute atomic E-state index is 4.01. The lowest BCUT2D eigenvalue weighted by molar-refractivity contribution is 0.314. The average Bonchev–Trinajstić information content (AvgIpc) is 3.10. The predicted octanol–water partition coefficient (Wildman–Crippen LogP) is 6.41. The van der Waals surface area contributed by atoms with Gasteiger partial charge in [0.2, 0.25) is 0 Å². The zero-order valence-corrected chi connectivity index (χ0v) is 14.3. The standard InChI is InChI=1S/C20H23Br/c1-13-6-9-19(18-5-3-2-4-17(13)18)20(21)12-16-11-14-7-8-15(16)10-14/h2-6,9,14-16,20H,7-8,10-12H2,1H3. The van der Waals surface area contributed by atoms with Crippen molar-refractivity contribution in [1.82, 2.24) is 0 Å². The van der Waals surface area contributed by atoms with E-state index in [-0.39, 0.29) is 0 Å². The number of hydrogen-bond donors (Lipinski definition) is 0. The van der Waals surface area contributed by atoms with Gasteiger partial charge in [-0.1, -0.05) is 58.7 Å². The van der Waals surface area contributed by atoms with Crippen molar-refractivity contribution in [3.63, 3.8) is 0 Å². The van der Waals surface area contributed by atoms with Crippen molar-refractivity contribution >= 4 is 26.7 Å². The van der Waals surface area contributed by atoms with Crippen LogP contribution in [0.4, 0.5) is 0 Å². The predicted molar refractivity (Wildman–Crippen MR) is 93.9 cm³/mol. The Morgan fingerprint density at radius 3 is 2.57 bits per heavy atom. The van der Waals surface area contributed by atoms with Gasteiger partial charge in [-0.3, -0.25) is 0 Å². The van der Waals surface area contributed by atoms with Crippen molar-refractivity contribution in [2.75, 3.05) is 0 Å². The van der Waals surface area contributed by atoms with Crippen LogP contribution in [0.1, 0.15) is 48.1 Å². The molecule has 4 atom stereocenters. The van der Waals surface area contributed by atoms with Crippen molar-refractivity contribution in [1.29, 1.82) is 0 Å². The highest BCUT2D eigenvalue weighted by atomic mass is 79.9. The second-order valence-electron chi connectivity index (χ2n) is 7.16. The molecule has 0 heterocycles. The summed E-state index contributed by atoms with van der Waals surface area (Å²) < 4.78 is 0. The molecule has 2 aliphatic carbocycles. The summed E-state index contributed by atoms with van der Waals surface area (Å²) in [5, 5.41) is 2.84. The van der Waals surface area contributed by atoms with E-state index in [9.17, 15) is 0 Å². The van der Waals surface area contributed by atoms with E-state index in [0.29, 0.717) is 4.83 Å². The molecule has 4 unspecified atom stereocenters. The minimum absolute atomic E-state index is 0.507. The van der Waals surface area contributed by atoms with Crippen LogP contribution in [0.3, 0.4) is 0 Å². The van der Waals surface area contributed by atoms with Crippen LogP contribution >= 0.6 is 15.9 Å². The third kappa shape index (κ3) is 2.44. The van der Waals surface area contributed by atoms with Gasteiger partial charge >= 0.3 is 0 Å². The Morgan fingerprint density at radius 2 is 1.86 bits per heavy atom. The fourth-order valence-corrected chi connectivity index (χ4v) is 5.68. The summed E-state index contributed by atoms with van der Waals surface area (Å²) in [7, 11) is 0. The third-order valence-electron chi connectivity index (χ3n) is 5.91. The highest BCUT2D eigenvalue weighted by Gasteiger charge is 2.40. The van der Waals surface area contributed by atoms with E-state index in [4.69, 9.17) is 0 Å². The van der Waals surface area contributed by atoms with E-state index in [1.54, 1.807) is 0 Å². The highest BCUT2D eigenvalue weighted by molar-refractivity contribution is 9.09. The van der Waals surface area contributed by atoms with E-state index in [1.165, 1.54) is 54.0 Å². The van der Waals surface area contributed by atoms with Crippen LogP contribution in [0.2, 0.25) is 0 Å². The number of aryl methyl sites for hydroxylation is 1. The first-order valence-corrected chi connectivity index (χ1v) is 9.26. The number of hydrogen-bond acceptors (Lipinski definition) is 0. The summed E-state index contributed by atoms with van der Waals surface area (Å²) in [6.45, 7) is 2.21. The molecule has 0 spiro atoms. The first-order valence-electron chi connectivity index (χ1n) is 8.34. The molecular weight excluding hydrogens is 320 g/mol. The first-order chi connectivity index (χ1) is 10.2. The summed E-state index contributed by atoms with van der Waals surface area (Å²) in [5.41, 5.74) is 2.87. The average molecular weight is 343 g/mol. The summed E-state index contributed by atoms with van der Waals surface area (Å²) >= 11 is 4.01. The van der Waals surface area contributed by atoms with Gasteiger partial charge in [0.15, 0.2) is 0 Å². The monoisotopic (exact) mass is 342 g/mol. The molecule has 0 aliphatic heterocycles. The summed E-state index contributed by atoms with van der Waals surface area (Å²) in [6.07, 6.45) is 7.30. The molecule has 2 saturated carbocycles. The lowest BCUT2D eigenvalue weighted by Gasteiger charge is -2.25. The van der Waals surface area contributed by atoms with Gasteiger partial charge in [0, 0.05) is 4.83 Å². The van der Waals surface area contributed by atoms with Crippen LogP contribution in [-0.4, -0.2) is 0 Å². The van der Waals surface area contributed by atoms with Gasteiger partial charge in [0.05, 0.1) is 0 Å². The lowest BCUT2D eigenvalue weighted by atomic mass is 9.84. The Morgan fingerprint density at radius 1 is 1.05 bits per heavy atom. The molecule has 0 N–H and O–H groups in total. The number of halogens is 1. The zero-order valence-electron chi connectivity index (χ0n) is 12.7. The van der Waals surface area contributed by atoms with E-state index in [0.717, 1.165) is 17.8 Å². The van der Waals surface area contributed by atoms with Gasteiger partial charge in [0.1, 0.15) is 0 Å². The molecule has 2 bridgehead atoms. The Balaban J connectivity index is 1.62. The summed E-state index contributed by atoms with van der Waals surface area (Å²) in [6, 6.07) is 13.5. The molecule has 110 valence electrons. The minimum atomic E-state index is 0.507. The van der Waals surface area contributed by atoms with Gasteiger partial charge in [-0.2, -0.15) is 0 Å². The Kier molecular flexibility index (Phi) is 3.57. The topological polar surface area (TPSA) is 0 Å². The molecule has 0 nitrogen and oxygen atoms in total. The fourth-order valence-electron chi connectivity index (χ4n) is 4.80. The van der Waals surface area contributed by atoms with Gasteiger partial charge in [-0.15, -0.1) is 0 Å². The van der Waals surface area contributed by atoms with Gasteiger partial charge in [0.25, 0.3) is 0 Å². The van der Waals surface area contributed by atoms with Gasteiger partial charge in [-0.25, -0.2) is 0 Å². The molecule has 0 radical (unpaired) electrons. The van der Waals surface area contributed by atoms with Crippen LogP contribution in [0, 0.1) is 24.7 Å². The van der Waals surface area contributed by atoms with Crippen molar-refractivity contribution in [2.45, 2.75) is 43.9 Å². The smallest absolute Gasteiger partial charge is 0.0404 e. The molecular formula is C20H23Br. The first kappa shape index (κ1) is 13.8. The Bertz CT molecular complexity index is 660. The van der Waals surface area contributed by atoms with E-state index >= 15 is 0 Å². The molecule has 21 heavy (non-hydrogen) atoms. The quantitative estimate of drug-likeness (QED) is 0.565. The maximum atomic E-state index is 4.01. The second-order valence-corrected chi connectivity index (χ2v) is 8.26. The molecule has 2 aromatic rings. The highest BCUT2D eigenvalue weighted by Crippen LogP contribution is 2.52. The van der Waals surface area contributed by atoms with Gasteiger partial charge < -0.3 is 0 Å². The van der Waals surface area contributed by atoms with E-state index in [1.807, 2.05) is 0 Å². The molecule has 4 rings (SSSR count). The molecule has 0 aromatic heterocycles. The molecule has 2 aliphatic rings. The van der Waals surface area contributed by atoms with E-state index < -0.39 is 0 Å². The van der Waals surface area contributed by atoms with Crippen LogP contribution < -0.4 is 0 Å². The fraction of sp³-hybridized carbons (Fsp3) is 0.500. The third-order valence-corrected chi connectivity index (χ3v) is 6.77. The van der Waals surface area contributed by atoms with Crippen molar-refractivity contribution < 1.29 is 0 Å². The number of benzene rings is 2. The van der Waals surface area contributed by atoms with Crippen molar-refractivity contribution in [2.24, 2.45) is 17.8 Å².